The Morgan fingerprint density at radius 1 is 1.03 bits per heavy atom. The number of carbonyl (C=O) groups excluding carboxylic acids is 1. The number of rotatable bonds is 6. The summed E-state index contributed by atoms with van der Waals surface area (Å²) >= 11 is 6.13. The van der Waals surface area contributed by atoms with Crippen LogP contribution in [0, 0.1) is 5.92 Å². The van der Waals surface area contributed by atoms with Crippen molar-refractivity contribution < 1.29 is 9.53 Å². The molecule has 3 heterocycles. The first-order valence-electron chi connectivity index (χ1n) is 12.4. The molecule has 1 atom stereocenters. The normalized spacial score (nSPS) is 18.2. The van der Waals surface area contributed by atoms with Gasteiger partial charge in [-0.2, -0.15) is 0 Å². The number of hydrogen-bond donors (Lipinski definition) is 0. The lowest BCUT2D eigenvalue weighted by Gasteiger charge is -2.37. The number of aryl methyl sites for hydroxylation is 1. The van der Waals surface area contributed by atoms with Crippen LogP contribution in [0.15, 0.2) is 54.6 Å². The molecule has 7 heteroatoms. The molecule has 2 fully saturated rings. The Morgan fingerprint density at radius 3 is 2.43 bits per heavy atom. The van der Waals surface area contributed by atoms with Gasteiger partial charge < -0.3 is 14.5 Å². The Balaban J connectivity index is 1.46. The van der Waals surface area contributed by atoms with Crippen LogP contribution >= 0.6 is 11.6 Å². The van der Waals surface area contributed by atoms with Crippen LogP contribution in [0.25, 0.3) is 11.4 Å². The van der Waals surface area contributed by atoms with Crippen LogP contribution in [0.5, 0.6) is 0 Å². The summed E-state index contributed by atoms with van der Waals surface area (Å²) in [5, 5.41) is 0.730. The highest BCUT2D eigenvalue weighted by Gasteiger charge is 2.31. The number of ether oxygens (including phenoxy) is 1. The molecule has 3 aromatic rings. The van der Waals surface area contributed by atoms with Gasteiger partial charge in [-0.25, -0.2) is 9.97 Å². The topological polar surface area (TPSA) is 58.6 Å². The number of benzene rings is 2. The predicted molar refractivity (Wildman–Crippen MR) is 139 cm³/mol. The lowest BCUT2D eigenvalue weighted by molar-refractivity contribution is -0.135. The zero-order chi connectivity index (χ0) is 24.2. The number of halogens is 1. The smallest absolute Gasteiger partial charge is 0.228 e. The molecular formula is C28H31ClN4O2. The van der Waals surface area contributed by atoms with E-state index in [9.17, 15) is 4.79 Å². The number of aromatic nitrogens is 2. The highest BCUT2D eigenvalue weighted by molar-refractivity contribution is 6.30. The van der Waals surface area contributed by atoms with Crippen molar-refractivity contribution >= 4 is 23.3 Å². The third-order valence-corrected chi connectivity index (χ3v) is 7.15. The molecule has 6 nitrogen and oxygen atoms in total. The second-order valence-electron chi connectivity index (χ2n) is 9.19. The van der Waals surface area contributed by atoms with Crippen LogP contribution < -0.4 is 4.90 Å². The number of amides is 1. The summed E-state index contributed by atoms with van der Waals surface area (Å²) in [4.78, 5) is 27.3. The minimum atomic E-state index is 0.0115. The average Bonchev–Trinajstić information content (AvgIpc) is 3.45. The van der Waals surface area contributed by atoms with Crippen molar-refractivity contribution in [2.75, 3.05) is 44.3 Å². The number of hydrogen-bond acceptors (Lipinski definition) is 5. The average molecular weight is 491 g/mol. The highest BCUT2D eigenvalue weighted by Crippen LogP contribution is 2.29. The third kappa shape index (κ3) is 5.34. The molecule has 0 saturated carbocycles. The van der Waals surface area contributed by atoms with E-state index in [0.717, 1.165) is 65.8 Å². The molecular weight excluding hydrogens is 460 g/mol. The van der Waals surface area contributed by atoms with Crippen molar-refractivity contribution in [1.29, 1.82) is 0 Å². The number of nitrogens with zero attached hydrogens (tertiary/aromatic N) is 4. The van der Waals surface area contributed by atoms with Crippen LogP contribution in [0.2, 0.25) is 5.02 Å². The highest BCUT2D eigenvalue weighted by atomic mass is 35.5. The molecule has 0 bridgehead atoms. The van der Waals surface area contributed by atoms with Crippen molar-refractivity contribution in [2.45, 2.75) is 26.2 Å². The Labute approximate surface area is 211 Å². The summed E-state index contributed by atoms with van der Waals surface area (Å²) in [6.45, 7) is 6.28. The molecule has 35 heavy (non-hydrogen) atoms. The maximum atomic E-state index is 12.9. The van der Waals surface area contributed by atoms with Gasteiger partial charge in [-0.1, -0.05) is 61.0 Å². The summed E-state index contributed by atoms with van der Waals surface area (Å²) in [5.74, 6) is 1.96. The zero-order valence-electron chi connectivity index (χ0n) is 20.1. The second-order valence-corrected chi connectivity index (χ2v) is 9.63. The quantitative estimate of drug-likeness (QED) is 0.504. The van der Waals surface area contributed by atoms with Gasteiger partial charge in [-0.3, -0.25) is 4.79 Å². The van der Waals surface area contributed by atoms with Crippen molar-refractivity contribution in [1.82, 2.24) is 14.9 Å². The fourth-order valence-electron chi connectivity index (χ4n) is 4.90. The second kappa shape index (κ2) is 10.8. The maximum Gasteiger partial charge on any atom is 0.228 e. The summed E-state index contributed by atoms with van der Waals surface area (Å²) in [7, 11) is 0. The van der Waals surface area contributed by atoms with E-state index in [1.807, 2.05) is 35.2 Å². The van der Waals surface area contributed by atoms with Crippen LogP contribution in [0.4, 0.5) is 5.82 Å². The fourth-order valence-corrected chi connectivity index (χ4v) is 5.03. The van der Waals surface area contributed by atoms with Gasteiger partial charge in [0, 0.05) is 61.1 Å². The number of piperazine rings is 1. The van der Waals surface area contributed by atoms with E-state index in [0.29, 0.717) is 26.3 Å². The largest absolute Gasteiger partial charge is 0.381 e. The van der Waals surface area contributed by atoms with E-state index in [2.05, 4.69) is 36.1 Å². The molecule has 2 aliphatic rings. The zero-order valence-corrected chi connectivity index (χ0v) is 20.9. The van der Waals surface area contributed by atoms with E-state index < -0.39 is 0 Å². The molecule has 0 spiro atoms. The summed E-state index contributed by atoms with van der Waals surface area (Å²) in [6, 6.07) is 18.1. The molecule has 1 aromatic heterocycles. The minimum absolute atomic E-state index is 0.0115. The summed E-state index contributed by atoms with van der Waals surface area (Å²) in [6.07, 6.45) is 2.39. The summed E-state index contributed by atoms with van der Waals surface area (Å²) in [5.41, 5.74) is 4.40. The monoisotopic (exact) mass is 490 g/mol. The van der Waals surface area contributed by atoms with E-state index >= 15 is 0 Å². The molecule has 0 N–H and O–H groups in total. The van der Waals surface area contributed by atoms with Crippen molar-refractivity contribution in [3.8, 4) is 11.4 Å². The van der Waals surface area contributed by atoms with Gasteiger partial charge in [0.15, 0.2) is 5.82 Å². The lowest BCUT2D eigenvalue weighted by Crippen LogP contribution is -2.51. The Morgan fingerprint density at radius 2 is 1.77 bits per heavy atom. The van der Waals surface area contributed by atoms with Gasteiger partial charge in [0.1, 0.15) is 5.82 Å². The Kier molecular flexibility index (Phi) is 7.30. The van der Waals surface area contributed by atoms with E-state index in [1.165, 1.54) is 5.56 Å². The molecule has 0 radical (unpaired) electrons. The van der Waals surface area contributed by atoms with Gasteiger partial charge in [0.2, 0.25) is 5.91 Å². The van der Waals surface area contributed by atoms with E-state index in [1.54, 1.807) is 0 Å². The molecule has 5 rings (SSSR count). The van der Waals surface area contributed by atoms with Crippen molar-refractivity contribution in [3.05, 3.63) is 76.4 Å². The van der Waals surface area contributed by atoms with E-state index in [4.69, 9.17) is 26.3 Å². The van der Waals surface area contributed by atoms with Gasteiger partial charge in [-0.15, -0.1) is 0 Å². The molecule has 0 aliphatic carbocycles. The first-order valence-corrected chi connectivity index (χ1v) is 12.8. The van der Waals surface area contributed by atoms with E-state index in [-0.39, 0.29) is 11.8 Å². The summed E-state index contributed by atoms with van der Waals surface area (Å²) < 4.78 is 5.44. The van der Waals surface area contributed by atoms with Crippen LogP contribution in [0.1, 0.15) is 30.2 Å². The maximum absolute atomic E-state index is 12.9. The van der Waals surface area contributed by atoms with Crippen LogP contribution in [0.3, 0.4) is 0 Å². The molecule has 2 aromatic carbocycles. The first kappa shape index (κ1) is 23.8. The molecule has 2 aliphatic heterocycles. The first-order chi connectivity index (χ1) is 17.1. The van der Waals surface area contributed by atoms with Crippen molar-refractivity contribution in [2.24, 2.45) is 5.92 Å². The van der Waals surface area contributed by atoms with Gasteiger partial charge >= 0.3 is 0 Å². The standard InChI is InChI=1S/C28H31ClN4O2/c1-2-25-24(18-20-8-10-23(29)11-9-20)27(31-26(30-25)21-6-4-3-5-7-21)32-13-15-33(16-14-32)28(34)22-12-17-35-19-22/h3-11,22H,2,12-19H2,1H3/t22-/m0/s1. The Hall–Kier alpha value is -2.96. The molecule has 2 saturated heterocycles. The van der Waals surface area contributed by atoms with Crippen molar-refractivity contribution in [3.63, 3.8) is 0 Å². The molecule has 1 amide bonds. The number of anilines is 1. The predicted octanol–water partition coefficient (Wildman–Crippen LogP) is 4.64. The van der Waals surface area contributed by atoms with Crippen LogP contribution in [-0.4, -0.2) is 60.2 Å². The third-order valence-electron chi connectivity index (χ3n) is 6.90. The van der Waals surface area contributed by atoms with Gasteiger partial charge in [-0.05, 0) is 30.5 Å². The molecule has 182 valence electrons. The molecule has 0 unspecified atom stereocenters. The minimum Gasteiger partial charge on any atom is -0.381 e. The van der Waals surface area contributed by atoms with Gasteiger partial charge in [0.25, 0.3) is 0 Å². The number of carbonyl (C=O) groups is 1. The fraction of sp³-hybridized carbons (Fsp3) is 0.393. The Bertz CT molecular complexity index is 1160. The van der Waals surface area contributed by atoms with Crippen LogP contribution in [-0.2, 0) is 22.4 Å². The van der Waals surface area contributed by atoms with Gasteiger partial charge in [0.05, 0.1) is 12.5 Å². The lowest BCUT2D eigenvalue weighted by atomic mass is 10.0. The SMILES string of the molecule is CCc1nc(-c2ccccc2)nc(N2CCN(C(=O)[C@H]3CCOC3)CC2)c1Cc1ccc(Cl)cc1.